The minimum absolute atomic E-state index is 0.364. The molecule has 138 valence electrons. The molecular weight excluding hydrogens is 374 g/mol. The zero-order valence-electron chi connectivity index (χ0n) is 15.2. The summed E-state index contributed by atoms with van der Waals surface area (Å²) in [6.07, 6.45) is 5.60. The normalized spacial score (nSPS) is 11.4. The van der Waals surface area contributed by atoms with Crippen LogP contribution in [0.5, 0.6) is 0 Å². The molecule has 1 aromatic carbocycles. The number of nitrogens with zero attached hydrogens (tertiary/aromatic N) is 5. The third-order valence-corrected chi connectivity index (χ3v) is 5.85. The summed E-state index contributed by atoms with van der Waals surface area (Å²) in [5.74, 6) is 0.236. The molecule has 0 saturated carbocycles. The number of fused-ring (bicyclic) bond motifs is 3. The van der Waals surface area contributed by atoms with E-state index in [1.54, 1.807) is 10.8 Å². The van der Waals surface area contributed by atoms with Crippen molar-refractivity contribution in [3.8, 4) is 17.1 Å². The van der Waals surface area contributed by atoms with Crippen LogP contribution in [0.1, 0.15) is 15.2 Å². The predicted octanol–water partition coefficient (Wildman–Crippen LogP) is 3.89. The van der Waals surface area contributed by atoms with Crippen LogP contribution in [0.4, 0.5) is 0 Å². The molecular formula is C20H15N5O2S. The number of rotatable bonds is 3. The molecule has 0 saturated heterocycles. The van der Waals surface area contributed by atoms with E-state index < -0.39 is 0 Å². The molecule has 4 heterocycles. The molecule has 0 fully saturated rings. The fourth-order valence-corrected chi connectivity index (χ4v) is 4.38. The van der Waals surface area contributed by atoms with Gasteiger partial charge in [0, 0.05) is 18.0 Å². The standard InChI is InChI=1S/C20H15N5O2S/c1-12-15-18-22-17(13-7-3-4-8-14(13)24-9-5-6-10-24)23-25(18)11-21-19(15)28-16(12)20(26)27-2/h3-11H,1-2H3. The van der Waals surface area contributed by atoms with Crippen molar-refractivity contribution < 1.29 is 9.53 Å². The number of aryl methyl sites for hydroxylation is 1. The number of para-hydroxylation sites is 1. The number of ether oxygens (including phenoxy) is 1. The second kappa shape index (κ2) is 6.28. The number of methoxy groups -OCH3 is 1. The average molecular weight is 389 g/mol. The van der Waals surface area contributed by atoms with E-state index in [9.17, 15) is 4.79 Å². The van der Waals surface area contributed by atoms with Gasteiger partial charge >= 0.3 is 5.97 Å². The molecule has 0 spiro atoms. The number of hydrogen-bond donors (Lipinski definition) is 0. The molecule has 0 aliphatic rings. The van der Waals surface area contributed by atoms with Gasteiger partial charge < -0.3 is 9.30 Å². The number of carbonyl (C=O) groups is 1. The van der Waals surface area contributed by atoms with E-state index in [0.29, 0.717) is 16.3 Å². The van der Waals surface area contributed by atoms with Crippen molar-refractivity contribution in [2.24, 2.45) is 0 Å². The molecule has 0 radical (unpaired) electrons. The van der Waals surface area contributed by atoms with Crippen LogP contribution in [-0.4, -0.2) is 37.2 Å². The van der Waals surface area contributed by atoms with Gasteiger partial charge in [-0.3, -0.25) is 0 Å². The first-order valence-corrected chi connectivity index (χ1v) is 9.44. The summed E-state index contributed by atoms with van der Waals surface area (Å²) >= 11 is 1.31. The number of carbonyl (C=O) groups excluding carboxylic acids is 1. The quantitative estimate of drug-likeness (QED) is 0.438. The van der Waals surface area contributed by atoms with E-state index in [4.69, 9.17) is 9.72 Å². The second-order valence-electron chi connectivity index (χ2n) is 6.28. The smallest absolute Gasteiger partial charge is 0.348 e. The fourth-order valence-electron chi connectivity index (χ4n) is 3.32. The Kier molecular flexibility index (Phi) is 3.73. The summed E-state index contributed by atoms with van der Waals surface area (Å²) in [5, 5.41) is 5.46. The van der Waals surface area contributed by atoms with Gasteiger partial charge in [-0.2, -0.15) is 0 Å². The molecule has 7 nitrogen and oxygen atoms in total. The number of benzene rings is 1. The summed E-state index contributed by atoms with van der Waals surface area (Å²) in [4.78, 5) is 22.6. The maximum Gasteiger partial charge on any atom is 0.348 e. The van der Waals surface area contributed by atoms with E-state index in [1.807, 2.05) is 60.3 Å². The van der Waals surface area contributed by atoms with Crippen LogP contribution in [-0.2, 0) is 4.74 Å². The van der Waals surface area contributed by atoms with E-state index in [-0.39, 0.29) is 5.97 Å². The van der Waals surface area contributed by atoms with Gasteiger partial charge in [0.25, 0.3) is 0 Å². The third kappa shape index (κ3) is 2.42. The van der Waals surface area contributed by atoms with Gasteiger partial charge in [0.1, 0.15) is 16.0 Å². The van der Waals surface area contributed by atoms with Crippen LogP contribution in [0.15, 0.2) is 55.1 Å². The zero-order valence-corrected chi connectivity index (χ0v) is 16.0. The maximum absolute atomic E-state index is 12.1. The highest BCUT2D eigenvalue weighted by Gasteiger charge is 2.21. The lowest BCUT2D eigenvalue weighted by atomic mass is 10.1. The van der Waals surface area contributed by atoms with Crippen LogP contribution in [0.25, 0.3) is 32.9 Å². The lowest BCUT2D eigenvalue weighted by Crippen LogP contribution is -1.99. The van der Waals surface area contributed by atoms with Crippen molar-refractivity contribution in [1.29, 1.82) is 0 Å². The topological polar surface area (TPSA) is 74.3 Å². The highest BCUT2D eigenvalue weighted by atomic mass is 32.1. The summed E-state index contributed by atoms with van der Waals surface area (Å²) < 4.78 is 8.57. The summed E-state index contributed by atoms with van der Waals surface area (Å²) in [6, 6.07) is 11.9. The first kappa shape index (κ1) is 16.6. The lowest BCUT2D eigenvalue weighted by molar-refractivity contribution is 0.0605. The second-order valence-corrected chi connectivity index (χ2v) is 7.28. The Bertz CT molecular complexity index is 1330. The maximum atomic E-state index is 12.1. The van der Waals surface area contributed by atoms with Crippen molar-refractivity contribution in [3.05, 3.63) is 65.6 Å². The van der Waals surface area contributed by atoms with Crippen molar-refractivity contribution >= 4 is 33.2 Å². The Morgan fingerprint density at radius 2 is 1.93 bits per heavy atom. The van der Waals surface area contributed by atoms with Crippen molar-refractivity contribution in [2.75, 3.05) is 7.11 Å². The Morgan fingerprint density at radius 1 is 1.14 bits per heavy atom. The molecule has 0 N–H and O–H groups in total. The van der Waals surface area contributed by atoms with Crippen LogP contribution in [0.3, 0.4) is 0 Å². The Hall–Kier alpha value is -3.52. The van der Waals surface area contributed by atoms with Crippen LogP contribution < -0.4 is 0 Å². The Labute approximate surface area is 163 Å². The lowest BCUT2D eigenvalue weighted by Gasteiger charge is -2.07. The molecule has 0 unspecified atom stereocenters. The summed E-state index contributed by atoms with van der Waals surface area (Å²) in [6.45, 7) is 1.88. The number of esters is 1. The predicted molar refractivity (Wildman–Crippen MR) is 107 cm³/mol. The largest absolute Gasteiger partial charge is 0.465 e. The van der Waals surface area contributed by atoms with Crippen LogP contribution >= 0.6 is 11.3 Å². The molecule has 8 heteroatoms. The fraction of sp³-hybridized carbons (Fsp3) is 0.100. The molecule has 0 amide bonds. The highest BCUT2D eigenvalue weighted by molar-refractivity contribution is 7.20. The SMILES string of the molecule is COC(=O)c1sc2ncn3nc(-c4ccccc4-n4cccc4)nc3c2c1C. The molecule has 0 bridgehead atoms. The minimum atomic E-state index is -0.364. The average Bonchev–Trinajstić information content (AvgIpc) is 3.45. The molecule has 4 aromatic heterocycles. The van der Waals surface area contributed by atoms with Crippen LogP contribution in [0, 0.1) is 6.92 Å². The summed E-state index contributed by atoms with van der Waals surface area (Å²) in [5.41, 5.74) is 3.38. The number of aromatic nitrogens is 5. The summed E-state index contributed by atoms with van der Waals surface area (Å²) in [7, 11) is 1.38. The van der Waals surface area contributed by atoms with Crippen molar-refractivity contribution in [3.63, 3.8) is 0 Å². The van der Waals surface area contributed by atoms with Gasteiger partial charge in [-0.25, -0.2) is 19.3 Å². The van der Waals surface area contributed by atoms with Gasteiger partial charge in [0.05, 0.1) is 18.2 Å². The number of hydrogen-bond acceptors (Lipinski definition) is 6. The first-order valence-electron chi connectivity index (χ1n) is 8.63. The molecule has 5 aromatic rings. The van der Waals surface area contributed by atoms with Gasteiger partial charge in [0.15, 0.2) is 11.5 Å². The molecule has 0 atom stereocenters. The third-order valence-electron chi connectivity index (χ3n) is 4.67. The van der Waals surface area contributed by atoms with Gasteiger partial charge in [-0.05, 0) is 36.8 Å². The number of thiophene rings is 1. The van der Waals surface area contributed by atoms with Gasteiger partial charge in [0.2, 0.25) is 0 Å². The Balaban J connectivity index is 1.75. The van der Waals surface area contributed by atoms with E-state index in [0.717, 1.165) is 27.0 Å². The highest BCUT2D eigenvalue weighted by Crippen LogP contribution is 2.33. The Morgan fingerprint density at radius 3 is 2.71 bits per heavy atom. The monoisotopic (exact) mass is 389 g/mol. The minimum Gasteiger partial charge on any atom is -0.465 e. The van der Waals surface area contributed by atoms with E-state index in [2.05, 4.69) is 10.1 Å². The van der Waals surface area contributed by atoms with Crippen LogP contribution in [0.2, 0.25) is 0 Å². The molecule has 0 aliphatic carbocycles. The van der Waals surface area contributed by atoms with Gasteiger partial charge in [-0.1, -0.05) is 12.1 Å². The van der Waals surface area contributed by atoms with E-state index in [1.165, 1.54) is 18.4 Å². The molecule has 5 rings (SSSR count). The molecule has 28 heavy (non-hydrogen) atoms. The van der Waals surface area contributed by atoms with Crippen molar-refractivity contribution in [2.45, 2.75) is 6.92 Å². The van der Waals surface area contributed by atoms with Gasteiger partial charge in [-0.15, -0.1) is 16.4 Å². The first-order chi connectivity index (χ1) is 13.7. The van der Waals surface area contributed by atoms with E-state index >= 15 is 0 Å². The molecule has 0 aliphatic heterocycles. The van der Waals surface area contributed by atoms with Crippen molar-refractivity contribution in [1.82, 2.24) is 24.1 Å². The zero-order chi connectivity index (χ0) is 19.3.